The first-order valence-electron chi connectivity index (χ1n) is 26.8. The van der Waals surface area contributed by atoms with Gasteiger partial charge in [-0.2, -0.15) is 0 Å². The van der Waals surface area contributed by atoms with E-state index in [0.29, 0.717) is 19.3 Å². The van der Waals surface area contributed by atoms with E-state index in [1.54, 1.807) is 0 Å². The molecule has 0 aromatic heterocycles. The van der Waals surface area contributed by atoms with Crippen LogP contribution in [-0.2, 0) is 28.6 Å². The van der Waals surface area contributed by atoms with Gasteiger partial charge in [-0.1, -0.05) is 236 Å². The van der Waals surface area contributed by atoms with E-state index in [0.717, 1.165) is 32.1 Å². The monoisotopic (exact) mass is 881 g/mol. The Hall–Kier alpha value is -2.89. The molecule has 6 nitrogen and oxygen atoms in total. The van der Waals surface area contributed by atoms with Crippen molar-refractivity contribution in [2.24, 2.45) is 0 Å². The molecule has 6 heteroatoms. The number of rotatable bonds is 48. The lowest BCUT2D eigenvalue weighted by Gasteiger charge is -2.18. The van der Waals surface area contributed by atoms with Crippen LogP contribution >= 0.6 is 0 Å². The van der Waals surface area contributed by atoms with Gasteiger partial charge in [0.1, 0.15) is 13.2 Å². The molecular weight excluding hydrogens is 781 g/mol. The number of hydrogen-bond acceptors (Lipinski definition) is 6. The predicted molar refractivity (Wildman–Crippen MR) is 270 cm³/mol. The van der Waals surface area contributed by atoms with E-state index in [-0.39, 0.29) is 44.4 Å². The highest BCUT2D eigenvalue weighted by Crippen LogP contribution is 2.14. The average molecular weight is 881 g/mol. The second-order valence-electron chi connectivity index (χ2n) is 17.8. The molecule has 0 aliphatic carbocycles. The van der Waals surface area contributed by atoms with E-state index in [4.69, 9.17) is 14.2 Å². The molecule has 1 unspecified atom stereocenters. The molecule has 0 N–H and O–H groups in total. The van der Waals surface area contributed by atoms with Gasteiger partial charge < -0.3 is 14.2 Å². The Morgan fingerprint density at radius 1 is 0.317 bits per heavy atom. The Kier molecular flexibility index (Phi) is 49.4. The highest BCUT2D eigenvalue weighted by molar-refractivity contribution is 5.71. The molecule has 0 heterocycles. The van der Waals surface area contributed by atoms with Gasteiger partial charge in [0.25, 0.3) is 0 Å². The molecule has 1 atom stereocenters. The summed E-state index contributed by atoms with van der Waals surface area (Å²) in [7, 11) is 0. The van der Waals surface area contributed by atoms with Gasteiger partial charge in [0.2, 0.25) is 0 Å². The number of ether oxygens (including phenoxy) is 3. The average Bonchev–Trinajstić information content (AvgIpc) is 3.28. The van der Waals surface area contributed by atoms with Crippen molar-refractivity contribution < 1.29 is 28.6 Å². The topological polar surface area (TPSA) is 78.9 Å². The van der Waals surface area contributed by atoms with Crippen LogP contribution in [0, 0.1) is 0 Å². The third-order valence-electron chi connectivity index (χ3n) is 11.5. The molecule has 0 saturated heterocycles. The van der Waals surface area contributed by atoms with E-state index < -0.39 is 12.1 Å². The van der Waals surface area contributed by atoms with Crippen LogP contribution in [0.25, 0.3) is 0 Å². The van der Waals surface area contributed by atoms with E-state index in [9.17, 15) is 14.4 Å². The van der Waals surface area contributed by atoms with E-state index in [1.807, 2.05) is 12.2 Å². The third kappa shape index (κ3) is 50.0. The number of carbonyl (C=O) groups excluding carboxylic acids is 3. The molecule has 364 valence electrons. The summed E-state index contributed by atoms with van der Waals surface area (Å²) in [6, 6.07) is 0. The van der Waals surface area contributed by atoms with Gasteiger partial charge in [0, 0.05) is 19.3 Å². The quantitative estimate of drug-likeness (QED) is 0.0262. The van der Waals surface area contributed by atoms with Crippen molar-refractivity contribution in [3.63, 3.8) is 0 Å². The fraction of sp³-hybridized carbons (Fsp3) is 0.772. The molecule has 0 rings (SSSR count). The number of hydrogen-bond donors (Lipinski definition) is 0. The summed E-state index contributed by atoms with van der Waals surface area (Å²) in [5.74, 6) is -1.11. The van der Waals surface area contributed by atoms with Gasteiger partial charge in [0.15, 0.2) is 6.10 Å². The van der Waals surface area contributed by atoms with Gasteiger partial charge in [-0.25, -0.2) is 0 Å². The van der Waals surface area contributed by atoms with E-state index in [2.05, 4.69) is 69.4 Å². The second-order valence-corrected chi connectivity index (χ2v) is 17.8. The summed E-state index contributed by atoms with van der Waals surface area (Å²) in [5, 5.41) is 0. The van der Waals surface area contributed by atoms with Crippen molar-refractivity contribution in [2.45, 2.75) is 271 Å². The van der Waals surface area contributed by atoms with Crippen molar-refractivity contribution in [3.8, 4) is 0 Å². The molecule has 0 aromatic carbocycles. The van der Waals surface area contributed by atoms with Gasteiger partial charge in [-0.3, -0.25) is 14.4 Å². The maximum absolute atomic E-state index is 12.8. The van der Waals surface area contributed by atoms with Crippen molar-refractivity contribution in [1.82, 2.24) is 0 Å². The molecule has 0 spiro atoms. The zero-order valence-corrected chi connectivity index (χ0v) is 41.6. The molecule has 0 bridgehead atoms. The van der Waals surface area contributed by atoms with E-state index >= 15 is 0 Å². The van der Waals surface area contributed by atoms with Crippen molar-refractivity contribution in [1.29, 1.82) is 0 Å². The molecule has 0 radical (unpaired) electrons. The highest BCUT2D eigenvalue weighted by atomic mass is 16.6. The lowest BCUT2D eigenvalue weighted by atomic mass is 10.1. The number of esters is 3. The van der Waals surface area contributed by atoms with Crippen LogP contribution in [0.5, 0.6) is 0 Å². The lowest BCUT2D eigenvalue weighted by Crippen LogP contribution is -2.30. The standard InChI is InChI=1S/C57H100O6/c1-4-7-10-13-16-19-22-25-28-31-34-37-40-43-46-49-55(58)61-52-54(63-57(60)51-48-45-42-39-36-33-30-27-24-21-18-15-12-9-6-3)53-62-56(59)50-47-44-41-38-35-32-29-26-23-20-17-14-11-8-5-2/h31,33-34,36,40-45,54H,4-30,32,35,37-39,46-53H2,1-3H3. The van der Waals surface area contributed by atoms with Gasteiger partial charge in [-0.05, 0) is 70.6 Å². The second kappa shape index (κ2) is 51.7. The normalized spacial score (nSPS) is 12.5. The van der Waals surface area contributed by atoms with Crippen LogP contribution in [0.2, 0.25) is 0 Å². The fourth-order valence-corrected chi connectivity index (χ4v) is 7.45. The van der Waals surface area contributed by atoms with Crippen molar-refractivity contribution in [2.75, 3.05) is 13.2 Å². The summed E-state index contributed by atoms with van der Waals surface area (Å²) < 4.78 is 16.6. The van der Waals surface area contributed by atoms with Crippen LogP contribution in [0.15, 0.2) is 60.8 Å². The molecule has 0 amide bonds. The number of carbonyl (C=O) groups is 3. The summed E-state index contributed by atoms with van der Waals surface area (Å²) in [6.07, 6.45) is 63.9. The minimum Gasteiger partial charge on any atom is -0.462 e. The summed E-state index contributed by atoms with van der Waals surface area (Å²) >= 11 is 0. The first-order chi connectivity index (χ1) is 31.0. The molecule has 0 aliphatic heterocycles. The molecule has 63 heavy (non-hydrogen) atoms. The maximum Gasteiger partial charge on any atom is 0.306 e. The Balaban J connectivity index is 4.53. The maximum atomic E-state index is 12.8. The highest BCUT2D eigenvalue weighted by Gasteiger charge is 2.19. The lowest BCUT2D eigenvalue weighted by molar-refractivity contribution is -0.166. The Morgan fingerprint density at radius 2 is 0.571 bits per heavy atom. The number of unbranched alkanes of at least 4 members (excludes halogenated alkanes) is 27. The largest absolute Gasteiger partial charge is 0.462 e. The van der Waals surface area contributed by atoms with Crippen molar-refractivity contribution >= 4 is 17.9 Å². The van der Waals surface area contributed by atoms with Crippen LogP contribution in [-0.4, -0.2) is 37.2 Å². The van der Waals surface area contributed by atoms with Crippen molar-refractivity contribution in [3.05, 3.63) is 60.8 Å². The van der Waals surface area contributed by atoms with Gasteiger partial charge in [0.05, 0.1) is 0 Å². The summed E-state index contributed by atoms with van der Waals surface area (Å²) in [5.41, 5.74) is 0. The third-order valence-corrected chi connectivity index (χ3v) is 11.5. The van der Waals surface area contributed by atoms with Crippen LogP contribution in [0.3, 0.4) is 0 Å². The van der Waals surface area contributed by atoms with Gasteiger partial charge >= 0.3 is 17.9 Å². The molecule has 0 aliphatic rings. The fourth-order valence-electron chi connectivity index (χ4n) is 7.45. The smallest absolute Gasteiger partial charge is 0.306 e. The predicted octanol–water partition coefficient (Wildman–Crippen LogP) is 17.6. The SMILES string of the molecule is CCCCCCCCCCC=CCC=CCCC(=O)OCC(COC(=O)CCC=CCCCCCCCCCCCCC)OC(=O)CCC=CCC=CCCCCCCCCCC. The molecule has 0 fully saturated rings. The Labute approximate surface area is 390 Å². The van der Waals surface area contributed by atoms with Gasteiger partial charge in [-0.15, -0.1) is 0 Å². The van der Waals surface area contributed by atoms with Crippen LogP contribution < -0.4 is 0 Å². The zero-order valence-electron chi connectivity index (χ0n) is 41.6. The molecule has 0 aromatic rings. The summed E-state index contributed by atoms with van der Waals surface area (Å²) in [6.45, 7) is 6.51. The Bertz CT molecular complexity index is 1150. The molecule has 0 saturated carbocycles. The zero-order chi connectivity index (χ0) is 45.8. The summed E-state index contributed by atoms with van der Waals surface area (Å²) in [4.78, 5) is 37.9. The number of allylic oxidation sites excluding steroid dienone is 10. The first kappa shape index (κ1) is 60.1. The minimum atomic E-state index is -0.841. The van der Waals surface area contributed by atoms with Crippen LogP contribution in [0.4, 0.5) is 0 Å². The molecular formula is C57H100O6. The minimum absolute atomic E-state index is 0.134. The first-order valence-corrected chi connectivity index (χ1v) is 26.8. The van der Waals surface area contributed by atoms with Crippen LogP contribution in [0.1, 0.15) is 265 Å². The van der Waals surface area contributed by atoms with E-state index in [1.165, 1.54) is 173 Å². The Morgan fingerprint density at radius 3 is 0.905 bits per heavy atom.